The predicted molar refractivity (Wildman–Crippen MR) is 82.1 cm³/mol. The third-order valence-electron chi connectivity index (χ3n) is 3.99. The summed E-state index contributed by atoms with van der Waals surface area (Å²) in [5.41, 5.74) is 1.75. The lowest BCUT2D eigenvalue weighted by atomic mass is 10.0. The molecule has 0 atom stereocenters. The van der Waals surface area contributed by atoms with Gasteiger partial charge >= 0.3 is 0 Å². The molecule has 1 aliphatic heterocycles. The van der Waals surface area contributed by atoms with Crippen molar-refractivity contribution in [3.63, 3.8) is 0 Å². The second-order valence-electron chi connectivity index (χ2n) is 5.39. The molecule has 0 bridgehead atoms. The minimum atomic E-state index is -0.362. The minimum absolute atomic E-state index is 0.118. The van der Waals surface area contributed by atoms with Crippen LogP contribution in [0.4, 0.5) is 11.4 Å². The van der Waals surface area contributed by atoms with E-state index in [1.807, 2.05) is 12.1 Å². The van der Waals surface area contributed by atoms with Crippen molar-refractivity contribution in [2.45, 2.75) is 18.9 Å². The van der Waals surface area contributed by atoms with Crippen LogP contribution < -0.4 is 4.90 Å². The molecule has 1 fully saturated rings. The van der Waals surface area contributed by atoms with E-state index >= 15 is 0 Å². The Bertz CT molecular complexity index is 506. The fourth-order valence-corrected chi connectivity index (χ4v) is 2.71. The molecule has 1 aliphatic rings. The van der Waals surface area contributed by atoms with Crippen molar-refractivity contribution in [2.24, 2.45) is 0 Å². The quantitative estimate of drug-likeness (QED) is 0.626. The number of nitrogens with zero attached hydrogens (tertiary/aromatic N) is 3. The number of rotatable bonds is 4. The number of hydrogen-bond donors (Lipinski definition) is 0. The SMILES string of the molecule is C=Cc1cc(N2CCC(N(C)C)CC2)ccc1[N+](=O)[O-]. The van der Waals surface area contributed by atoms with Gasteiger partial charge in [0.1, 0.15) is 0 Å². The largest absolute Gasteiger partial charge is 0.371 e. The van der Waals surface area contributed by atoms with E-state index in [4.69, 9.17) is 0 Å². The Balaban J connectivity index is 2.14. The smallest absolute Gasteiger partial charge is 0.276 e. The van der Waals surface area contributed by atoms with Crippen molar-refractivity contribution in [2.75, 3.05) is 32.1 Å². The minimum Gasteiger partial charge on any atom is -0.371 e. The van der Waals surface area contributed by atoms with Gasteiger partial charge in [0.05, 0.1) is 10.5 Å². The van der Waals surface area contributed by atoms with Gasteiger partial charge in [-0.05, 0) is 39.1 Å². The first-order valence-corrected chi connectivity index (χ1v) is 6.85. The van der Waals surface area contributed by atoms with Gasteiger partial charge < -0.3 is 9.80 Å². The highest BCUT2D eigenvalue weighted by Gasteiger charge is 2.22. The summed E-state index contributed by atoms with van der Waals surface area (Å²) in [6.07, 6.45) is 3.79. The molecule has 5 nitrogen and oxygen atoms in total. The van der Waals surface area contributed by atoms with Crippen molar-refractivity contribution < 1.29 is 4.92 Å². The Morgan fingerprint density at radius 1 is 1.40 bits per heavy atom. The number of anilines is 1. The molecule has 0 saturated carbocycles. The van der Waals surface area contributed by atoms with Crippen LogP contribution in [0.1, 0.15) is 18.4 Å². The third-order valence-corrected chi connectivity index (χ3v) is 3.99. The zero-order valence-electron chi connectivity index (χ0n) is 12.1. The average Bonchev–Trinajstić information content (AvgIpc) is 2.46. The van der Waals surface area contributed by atoms with E-state index in [1.165, 1.54) is 0 Å². The summed E-state index contributed by atoms with van der Waals surface area (Å²) in [5, 5.41) is 10.9. The molecular formula is C15H21N3O2. The lowest BCUT2D eigenvalue weighted by Crippen LogP contribution is -2.42. The molecule has 0 aliphatic carbocycles. The maximum absolute atomic E-state index is 10.9. The molecule has 20 heavy (non-hydrogen) atoms. The first kappa shape index (κ1) is 14.5. The van der Waals surface area contributed by atoms with Crippen LogP contribution in [0.3, 0.4) is 0 Å². The maximum atomic E-state index is 10.9. The van der Waals surface area contributed by atoms with Crippen LogP contribution in [0.25, 0.3) is 6.08 Å². The predicted octanol–water partition coefficient (Wildman–Crippen LogP) is 2.77. The van der Waals surface area contributed by atoms with Gasteiger partial charge in [0.25, 0.3) is 5.69 Å². The summed E-state index contributed by atoms with van der Waals surface area (Å²) >= 11 is 0. The Morgan fingerprint density at radius 3 is 2.55 bits per heavy atom. The molecule has 1 saturated heterocycles. The molecule has 0 amide bonds. The van der Waals surface area contributed by atoms with Crippen molar-refractivity contribution in [1.82, 2.24) is 4.90 Å². The summed E-state index contributed by atoms with van der Waals surface area (Å²) in [7, 11) is 4.23. The number of nitro groups is 1. The summed E-state index contributed by atoms with van der Waals surface area (Å²) in [6.45, 7) is 5.63. The van der Waals surface area contributed by atoms with Gasteiger partial charge in [-0.1, -0.05) is 12.7 Å². The molecule has 0 spiro atoms. The lowest BCUT2D eigenvalue weighted by molar-refractivity contribution is -0.385. The molecule has 1 aromatic carbocycles. The fourth-order valence-electron chi connectivity index (χ4n) is 2.71. The number of piperidine rings is 1. The van der Waals surface area contributed by atoms with E-state index in [-0.39, 0.29) is 10.6 Å². The highest BCUT2D eigenvalue weighted by atomic mass is 16.6. The molecule has 5 heteroatoms. The van der Waals surface area contributed by atoms with Gasteiger partial charge in [0.15, 0.2) is 0 Å². The van der Waals surface area contributed by atoms with Gasteiger partial charge in [-0.2, -0.15) is 0 Å². The van der Waals surface area contributed by atoms with Crippen molar-refractivity contribution in [1.29, 1.82) is 0 Å². The number of benzene rings is 1. The van der Waals surface area contributed by atoms with Crippen molar-refractivity contribution in [3.8, 4) is 0 Å². The lowest BCUT2D eigenvalue weighted by Gasteiger charge is -2.36. The molecule has 1 heterocycles. The molecule has 1 aromatic rings. The monoisotopic (exact) mass is 275 g/mol. The van der Waals surface area contributed by atoms with Crippen LogP contribution in [-0.2, 0) is 0 Å². The van der Waals surface area contributed by atoms with Crippen LogP contribution in [-0.4, -0.2) is 43.0 Å². The van der Waals surface area contributed by atoms with E-state index in [9.17, 15) is 10.1 Å². The topological polar surface area (TPSA) is 49.6 Å². The van der Waals surface area contributed by atoms with E-state index in [0.717, 1.165) is 31.6 Å². The molecular weight excluding hydrogens is 254 g/mol. The van der Waals surface area contributed by atoms with Crippen molar-refractivity contribution >= 4 is 17.5 Å². The van der Waals surface area contributed by atoms with Crippen LogP contribution >= 0.6 is 0 Å². The fraction of sp³-hybridized carbons (Fsp3) is 0.467. The van der Waals surface area contributed by atoms with Crippen LogP contribution in [0.2, 0.25) is 0 Å². The summed E-state index contributed by atoms with van der Waals surface area (Å²) in [5.74, 6) is 0. The molecule has 108 valence electrons. The van der Waals surface area contributed by atoms with E-state index in [2.05, 4.69) is 30.5 Å². The number of hydrogen-bond acceptors (Lipinski definition) is 4. The van der Waals surface area contributed by atoms with Crippen molar-refractivity contribution in [3.05, 3.63) is 40.5 Å². The zero-order chi connectivity index (χ0) is 14.7. The van der Waals surface area contributed by atoms with Crippen LogP contribution in [0, 0.1) is 10.1 Å². The highest BCUT2D eigenvalue weighted by Crippen LogP contribution is 2.28. The van der Waals surface area contributed by atoms with Gasteiger partial charge in [-0.3, -0.25) is 10.1 Å². The van der Waals surface area contributed by atoms with E-state index < -0.39 is 0 Å². The van der Waals surface area contributed by atoms with Gasteiger partial charge in [0, 0.05) is 30.9 Å². The third kappa shape index (κ3) is 2.99. The summed E-state index contributed by atoms with van der Waals surface area (Å²) in [4.78, 5) is 15.1. The second-order valence-corrected chi connectivity index (χ2v) is 5.39. The molecule has 2 rings (SSSR count). The molecule has 0 N–H and O–H groups in total. The Kier molecular flexibility index (Phi) is 4.39. The van der Waals surface area contributed by atoms with Gasteiger partial charge in [-0.25, -0.2) is 0 Å². The second kappa shape index (κ2) is 6.05. The Hall–Kier alpha value is -1.88. The normalized spacial score (nSPS) is 16.4. The molecule has 0 radical (unpaired) electrons. The summed E-state index contributed by atoms with van der Waals surface area (Å²) < 4.78 is 0. The van der Waals surface area contributed by atoms with Crippen LogP contribution in [0.15, 0.2) is 24.8 Å². The summed E-state index contributed by atoms with van der Waals surface area (Å²) in [6, 6.07) is 5.90. The van der Waals surface area contributed by atoms with E-state index in [0.29, 0.717) is 11.6 Å². The molecule has 0 unspecified atom stereocenters. The Labute approximate surface area is 119 Å². The maximum Gasteiger partial charge on any atom is 0.276 e. The Morgan fingerprint density at radius 2 is 2.05 bits per heavy atom. The number of nitro benzene ring substituents is 1. The van der Waals surface area contributed by atoms with Gasteiger partial charge in [0.2, 0.25) is 0 Å². The van der Waals surface area contributed by atoms with Gasteiger partial charge in [-0.15, -0.1) is 0 Å². The molecule has 0 aromatic heterocycles. The zero-order valence-corrected chi connectivity index (χ0v) is 12.1. The first-order valence-electron chi connectivity index (χ1n) is 6.85. The average molecular weight is 275 g/mol. The first-order chi connectivity index (χ1) is 9.52. The van der Waals surface area contributed by atoms with E-state index in [1.54, 1.807) is 12.1 Å². The van der Waals surface area contributed by atoms with Crippen LogP contribution in [0.5, 0.6) is 0 Å². The highest BCUT2D eigenvalue weighted by molar-refractivity contribution is 5.66. The standard InChI is InChI=1S/C15H21N3O2/c1-4-12-11-14(5-6-15(12)18(19)20)17-9-7-13(8-10-17)16(2)3/h4-6,11,13H,1,7-10H2,2-3H3.